The van der Waals surface area contributed by atoms with Crippen LogP contribution in [0.1, 0.15) is 56.6 Å². The molecule has 1 N–H and O–H groups in total. The number of hydrogen-bond donors (Lipinski definition) is 1. The van der Waals surface area contributed by atoms with E-state index < -0.39 is 0 Å². The van der Waals surface area contributed by atoms with Gasteiger partial charge in [0.05, 0.1) is 18.2 Å². The number of nitrogens with zero attached hydrogens (tertiary/aromatic N) is 1. The summed E-state index contributed by atoms with van der Waals surface area (Å²) < 4.78 is 6.24. The van der Waals surface area contributed by atoms with E-state index in [9.17, 15) is 0 Å². The summed E-state index contributed by atoms with van der Waals surface area (Å²) in [5, 5.41) is 3.70. The Morgan fingerprint density at radius 2 is 1.81 bits per heavy atom. The summed E-state index contributed by atoms with van der Waals surface area (Å²) in [6, 6.07) is 11.2. The molecule has 0 bridgehead atoms. The van der Waals surface area contributed by atoms with Gasteiger partial charge < -0.3 is 10.1 Å². The van der Waals surface area contributed by atoms with E-state index in [0.29, 0.717) is 24.7 Å². The molecule has 1 fully saturated rings. The predicted molar refractivity (Wildman–Crippen MR) is 107 cm³/mol. The zero-order chi connectivity index (χ0) is 17.6. The van der Waals surface area contributed by atoms with Crippen molar-refractivity contribution < 1.29 is 4.74 Å². The van der Waals surface area contributed by atoms with Crippen molar-refractivity contribution >= 4 is 5.84 Å². The van der Waals surface area contributed by atoms with Gasteiger partial charge in [-0.05, 0) is 24.8 Å². The molecule has 2 aliphatic carbocycles. The Hall–Kier alpha value is -1.87. The van der Waals surface area contributed by atoms with Crippen LogP contribution in [0, 0.1) is 5.92 Å². The lowest BCUT2D eigenvalue weighted by Gasteiger charge is -2.26. The van der Waals surface area contributed by atoms with Crippen molar-refractivity contribution in [3.63, 3.8) is 0 Å². The molecule has 0 spiro atoms. The molecule has 3 aliphatic rings. The summed E-state index contributed by atoms with van der Waals surface area (Å²) in [6.45, 7) is 0.622. The van der Waals surface area contributed by atoms with Crippen LogP contribution in [0.3, 0.4) is 0 Å². The number of allylic oxidation sites excluding steroid dienone is 3. The fraction of sp³-hybridized carbons (Fsp3) is 0.522. The molecule has 1 saturated carbocycles. The maximum atomic E-state index is 6.24. The van der Waals surface area contributed by atoms with Crippen molar-refractivity contribution in [3.05, 3.63) is 60.2 Å². The van der Waals surface area contributed by atoms with E-state index in [1.54, 1.807) is 0 Å². The molecule has 0 amide bonds. The van der Waals surface area contributed by atoms with Crippen molar-refractivity contribution in [2.45, 2.75) is 63.1 Å². The molecule has 26 heavy (non-hydrogen) atoms. The molecule has 0 saturated heterocycles. The Kier molecular flexibility index (Phi) is 5.85. The van der Waals surface area contributed by atoms with Crippen LogP contribution in [0.25, 0.3) is 0 Å². The second-order valence-electron chi connectivity index (χ2n) is 7.74. The molecule has 3 heteroatoms. The van der Waals surface area contributed by atoms with Crippen molar-refractivity contribution in [1.82, 2.24) is 5.32 Å². The second-order valence-corrected chi connectivity index (χ2v) is 7.74. The van der Waals surface area contributed by atoms with Gasteiger partial charge in [0.25, 0.3) is 0 Å². The fourth-order valence-corrected chi connectivity index (χ4v) is 4.38. The van der Waals surface area contributed by atoms with E-state index in [0.717, 1.165) is 12.3 Å². The summed E-state index contributed by atoms with van der Waals surface area (Å²) in [4.78, 5) is 5.05. The maximum Gasteiger partial charge on any atom is 0.124 e. The van der Waals surface area contributed by atoms with Crippen LogP contribution in [-0.2, 0) is 4.74 Å². The third kappa shape index (κ3) is 4.27. The molecular formula is C23H30N2O. The molecule has 1 aromatic carbocycles. The third-order valence-corrected chi connectivity index (χ3v) is 5.84. The number of benzene rings is 1. The number of hydrogen-bond acceptors (Lipinski definition) is 3. The predicted octanol–water partition coefficient (Wildman–Crippen LogP) is 4.97. The highest BCUT2D eigenvalue weighted by Crippen LogP contribution is 2.33. The molecule has 4 rings (SSSR count). The molecule has 0 aromatic heterocycles. The molecule has 138 valence electrons. The number of aliphatic imine (C=N–C) groups is 1. The van der Waals surface area contributed by atoms with Gasteiger partial charge in [-0.25, -0.2) is 0 Å². The summed E-state index contributed by atoms with van der Waals surface area (Å²) in [5.41, 5.74) is 1.29. The minimum Gasteiger partial charge on any atom is -0.370 e. The summed E-state index contributed by atoms with van der Waals surface area (Å²) in [6.07, 6.45) is 18.1. The van der Waals surface area contributed by atoms with E-state index in [4.69, 9.17) is 9.73 Å². The second kappa shape index (κ2) is 8.68. The van der Waals surface area contributed by atoms with Gasteiger partial charge >= 0.3 is 0 Å². The van der Waals surface area contributed by atoms with E-state index in [2.05, 4.69) is 60.0 Å². The summed E-state index contributed by atoms with van der Waals surface area (Å²) in [7, 11) is 0. The third-order valence-electron chi connectivity index (χ3n) is 5.84. The van der Waals surface area contributed by atoms with Gasteiger partial charge in [0, 0.05) is 5.92 Å². The van der Waals surface area contributed by atoms with Gasteiger partial charge in [0.15, 0.2) is 0 Å². The average Bonchev–Trinajstić information content (AvgIpc) is 2.96. The first kappa shape index (κ1) is 17.5. The SMILES string of the molecule is C1=CCC([C@@H]2NC(COC3CCCCCC3)=N[C@@H]2c2ccccc2)C=C1. The zero-order valence-corrected chi connectivity index (χ0v) is 15.5. The first-order valence-electron chi connectivity index (χ1n) is 10.2. The monoisotopic (exact) mass is 350 g/mol. The van der Waals surface area contributed by atoms with Crippen LogP contribution in [-0.4, -0.2) is 24.6 Å². The average molecular weight is 351 g/mol. The minimum absolute atomic E-state index is 0.171. The van der Waals surface area contributed by atoms with Gasteiger partial charge in [0.1, 0.15) is 12.4 Å². The largest absolute Gasteiger partial charge is 0.370 e. The molecule has 3 atom stereocenters. The maximum absolute atomic E-state index is 6.24. The Morgan fingerprint density at radius 1 is 1.00 bits per heavy atom. The summed E-state index contributed by atoms with van der Waals surface area (Å²) >= 11 is 0. The van der Waals surface area contributed by atoms with Gasteiger partial charge in [-0.1, -0.05) is 80.3 Å². The standard InChI is InChI=1S/C23H30N2O/c1-2-10-16-20(15-9-1)26-17-21-24-22(18-11-5-3-6-12-18)23(25-21)19-13-7-4-8-14-19/h3-8,11-13,19-20,22-23H,1-2,9-10,14-17H2,(H,24,25)/t19?,22-,23+/m1/s1. The van der Waals surface area contributed by atoms with Crippen LogP contribution in [0.15, 0.2) is 59.6 Å². The quantitative estimate of drug-likeness (QED) is 0.761. The molecular weight excluding hydrogens is 320 g/mol. The van der Waals surface area contributed by atoms with E-state index in [1.807, 2.05) is 0 Å². The highest BCUT2D eigenvalue weighted by atomic mass is 16.5. The normalized spacial score (nSPS) is 29.2. The Labute approximate surface area is 157 Å². The van der Waals surface area contributed by atoms with Crippen LogP contribution < -0.4 is 5.32 Å². The zero-order valence-electron chi connectivity index (χ0n) is 15.5. The van der Waals surface area contributed by atoms with Crippen molar-refractivity contribution in [3.8, 4) is 0 Å². The molecule has 0 radical (unpaired) electrons. The lowest BCUT2D eigenvalue weighted by atomic mass is 9.86. The van der Waals surface area contributed by atoms with Crippen LogP contribution in [0.4, 0.5) is 0 Å². The number of ether oxygens (including phenoxy) is 1. The molecule has 3 nitrogen and oxygen atoms in total. The summed E-state index contributed by atoms with van der Waals surface area (Å²) in [5.74, 6) is 1.50. The Morgan fingerprint density at radius 3 is 2.54 bits per heavy atom. The smallest absolute Gasteiger partial charge is 0.124 e. The molecule has 1 unspecified atom stereocenters. The first-order valence-corrected chi connectivity index (χ1v) is 10.2. The van der Waals surface area contributed by atoms with Crippen LogP contribution in [0.2, 0.25) is 0 Å². The van der Waals surface area contributed by atoms with E-state index in [1.165, 1.54) is 44.1 Å². The number of rotatable bonds is 5. The fourth-order valence-electron chi connectivity index (χ4n) is 4.38. The van der Waals surface area contributed by atoms with Gasteiger partial charge in [-0.2, -0.15) is 0 Å². The molecule has 1 aliphatic heterocycles. The highest BCUT2D eigenvalue weighted by molar-refractivity contribution is 5.86. The van der Waals surface area contributed by atoms with Gasteiger partial charge in [-0.15, -0.1) is 0 Å². The van der Waals surface area contributed by atoms with Crippen LogP contribution >= 0.6 is 0 Å². The van der Waals surface area contributed by atoms with Crippen LogP contribution in [0.5, 0.6) is 0 Å². The number of amidine groups is 1. The number of nitrogens with one attached hydrogen (secondary N) is 1. The Bertz CT molecular complexity index is 656. The van der Waals surface area contributed by atoms with Crippen molar-refractivity contribution in [2.24, 2.45) is 10.9 Å². The topological polar surface area (TPSA) is 33.6 Å². The van der Waals surface area contributed by atoms with E-state index in [-0.39, 0.29) is 6.04 Å². The van der Waals surface area contributed by atoms with Gasteiger partial charge in [-0.3, -0.25) is 4.99 Å². The van der Waals surface area contributed by atoms with Crippen molar-refractivity contribution in [2.75, 3.05) is 6.61 Å². The Balaban J connectivity index is 1.45. The van der Waals surface area contributed by atoms with Crippen molar-refractivity contribution in [1.29, 1.82) is 0 Å². The first-order chi connectivity index (χ1) is 12.9. The van der Waals surface area contributed by atoms with E-state index >= 15 is 0 Å². The molecule has 1 aromatic rings. The lowest BCUT2D eigenvalue weighted by Crippen LogP contribution is -2.39. The minimum atomic E-state index is 0.171. The molecule has 1 heterocycles. The highest BCUT2D eigenvalue weighted by Gasteiger charge is 2.34. The lowest BCUT2D eigenvalue weighted by molar-refractivity contribution is 0.0690. The van der Waals surface area contributed by atoms with Gasteiger partial charge in [0.2, 0.25) is 0 Å².